The molecular formula is C14H25NO4. The minimum Gasteiger partial charge on any atom is -0.466 e. The number of aliphatic hydroxyl groups excluding tert-OH is 1. The van der Waals surface area contributed by atoms with Gasteiger partial charge in [-0.05, 0) is 27.2 Å². The van der Waals surface area contributed by atoms with Crippen molar-refractivity contribution in [3.8, 4) is 0 Å². The summed E-state index contributed by atoms with van der Waals surface area (Å²) in [5.74, 6) is -0.504. The van der Waals surface area contributed by atoms with Gasteiger partial charge < -0.3 is 14.7 Å². The molecule has 0 aromatic carbocycles. The molecule has 5 heteroatoms. The van der Waals surface area contributed by atoms with Crippen molar-refractivity contribution in [3.05, 3.63) is 11.6 Å². The third kappa shape index (κ3) is 6.96. The van der Waals surface area contributed by atoms with Crippen molar-refractivity contribution in [2.75, 3.05) is 19.8 Å². The molecular weight excluding hydrogens is 246 g/mol. The summed E-state index contributed by atoms with van der Waals surface area (Å²) in [5.41, 5.74) is 0.888. The van der Waals surface area contributed by atoms with Crippen LogP contribution in [-0.4, -0.2) is 47.7 Å². The van der Waals surface area contributed by atoms with E-state index in [0.29, 0.717) is 13.0 Å². The second kappa shape index (κ2) is 9.55. The minimum absolute atomic E-state index is 0.109. The SMILES string of the molecule is CCOC(=O)CCN(C(=O)C=C(C)C)C(CC)CO. The smallest absolute Gasteiger partial charge is 0.307 e. The molecule has 0 aliphatic heterocycles. The molecule has 19 heavy (non-hydrogen) atoms. The number of carbonyl (C=O) groups is 2. The third-order valence-corrected chi connectivity index (χ3v) is 2.68. The molecule has 0 bridgehead atoms. The molecule has 0 fully saturated rings. The molecule has 0 aliphatic carbocycles. The molecule has 0 rings (SSSR count). The van der Waals surface area contributed by atoms with Gasteiger partial charge in [-0.3, -0.25) is 9.59 Å². The molecule has 0 saturated heterocycles. The van der Waals surface area contributed by atoms with Crippen molar-refractivity contribution >= 4 is 11.9 Å². The van der Waals surface area contributed by atoms with E-state index < -0.39 is 0 Å². The highest BCUT2D eigenvalue weighted by Gasteiger charge is 2.21. The quantitative estimate of drug-likeness (QED) is 0.537. The zero-order valence-corrected chi connectivity index (χ0v) is 12.3. The predicted octanol–water partition coefficient (Wildman–Crippen LogP) is 1.51. The van der Waals surface area contributed by atoms with E-state index in [9.17, 15) is 14.7 Å². The number of aliphatic hydroxyl groups is 1. The Labute approximate surface area is 115 Å². The maximum Gasteiger partial charge on any atom is 0.307 e. The van der Waals surface area contributed by atoms with Crippen LogP contribution < -0.4 is 0 Å². The summed E-state index contributed by atoms with van der Waals surface area (Å²) in [6.07, 6.45) is 2.30. The molecule has 1 atom stereocenters. The summed E-state index contributed by atoms with van der Waals surface area (Å²) in [7, 11) is 0. The van der Waals surface area contributed by atoms with E-state index in [0.717, 1.165) is 5.57 Å². The van der Waals surface area contributed by atoms with Crippen LogP contribution in [0.3, 0.4) is 0 Å². The van der Waals surface area contributed by atoms with Crippen LogP contribution in [0.25, 0.3) is 0 Å². The van der Waals surface area contributed by atoms with E-state index >= 15 is 0 Å². The van der Waals surface area contributed by atoms with Crippen molar-refractivity contribution in [1.82, 2.24) is 4.90 Å². The van der Waals surface area contributed by atoms with Gasteiger partial charge >= 0.3 is 5.97 Å². The lowest BCUT2D eigenvalue weighted by atomic mass is 10.1. The Bertz CT molecular complexity index is 317. The Kier molecular flexibility index (Phi) is 8.87. The summed E-state index contributed by atoms with van der Waals surface area (Å²) >= 11 is 0. The van der Waals surface area contributed by atoms with Crippen LogP contribution in [0.2, 0.25) is 0 Å². The van der Waals surface area contributed by atoms with E-state index in [-0.39, 0.29) is 37.5 Å². The first-order valence-electron chi connectivity index (χ1n) is 6.68. The number of hydrogen-bond acceptors (Lipinski definition) is 4. The number of carbonyl (C=O) groups excluding carboxylic acids is 2. The number of allylic oxidation sites excluding steroid dienone is 1. The summed E-state index contributed by atoms with van der Waals surface area (Å²) in [4.78, 5) is 25.0. The van der Waals surface area contributed by atoms with Crippen LogP contribution in [0.15, 0.2) is 11.6 Å². The normalized spacial score (nSPS) is 11.6. The van der Waals surface area contributed by atoms with E-state index in [1.807, 2.05) is 20.8 Å². The van der Waals surface area contributed by atoms with Crippen LogP contribution in [0, 0.1) is 0 Å². The molecule has 0 radical (unpaired) electrons. The molecule has 5 nitrogen and oxygen atoms in total. The summed E-state index contributed by atoms with van der Waals surface area (Å²) in [6.45, 7) is 7.80. The number of hydrogen-bond donors (Lipinski definition) is 1. The Morgan fingerprint density at radius 3 is 2.37 bits per heavy atom. The molecule has 1 unspecified atom stereocenters. The van der Waals surface area contributed by atoms with Crippen LogP contribution in [0.4, 0.5) is 0 Å². The Morgan fingerprint density at radius 1 is 1.32 bits per heavy atom. The molecule has 1 amide bonds. The number of nitrogens with zero attached hydrogens (tertiary/aromatic N) is 1. The van der Waals surface area contributed by atoms with Gasteiger partial charge in [0.05, 0.1) is 25.7 Å². The lowest BCUT2D eigenvalue weighted by Crippen LogP contribution is -2.42. The fourth-order valence-electron chi connectivity index (χ4n) is 1.70. The number of amides is 1. The monoisotopic (exact) mass is 271 g/mol. The summed E-state index contributed by atoms with van der Waals surface area (Å²) in [6, 6.07) is -0.266. The zero-order chi connectivity index (χ0) is 14.8. The number of esters is 1. The van der Waals surface area contributed by atoms with E-state index in [1.165, 1.54) is 11.0 Å². The lowest BCUT2D eigenvalue weighted by molar-refractivity contribution is -0.144. The highest BCUT2D eigenvalue weighted by atomic mass is 16.5. The van der Waals surface area contributed by atoms with Gasteiger partial charge in [-0.25, -0.2) is 0 Å². The van der Waals surface area contributed by atoms with Gasteiger partial charge in [0, 0.05) is 12.6 Å². The van der Waals surface area contributed by atoms with Gasteiger partial charge in [-0.15, -0.1) is 0 Å². The highest BCUT2D eigenvalue weighted by molar-refractivity contribution is 5.88. The zero-order valence-electron chi connectivity index (χ0n) is 12.3. The lowest BCUT2D eigenvalue weighted by Gasteiger charge is -2.28. The van der Waals surface area contributed by atoms with Gasteiger partial charge in [-0.1, -0.05) is 12.5 Å². The fraction of sp³-hybridized carbons (Fsp3) is 0.714. The largest absolute Gasteiger partial charge is 0.466 e. The maximum absolute atomic E-state index is 12.1. The molecule has 0 aromatic rings. The van der Waals surface area contributed by atoms with Crippen LogP contribution in [0.1, 0.15) is 40.5 Å². The van der Waals surface area contributed by atoms with Gasteiger partial charge in [0.2, 0.25) is 5.91 Å². The third-order valence-electron chi connectivity index (χ3n) is 2.68. The van der Waals surface area contributed by atoms with Crippen molar-refractivity contribution in [3.63, 3.8) is 0 Å². The first kappa shape index (κ1) is 17.6. The maximum atomic E-state index is 12.1. The van der Waals surface area contributed by atoms with Gasteiger partial charge in [0.15, 0.2) is 0 Å². The highest BCUT2D eigenvalue weighted by Crippen LogP contribution is 2.08. The molecule has 1 N–H and O–H groups in total. The number of rotatable bonds is 8. The number of ether oxygens (including phenoxy) is 1. The topological polar surface area (TPSA) is 66.8 Å². The molecule has 0 saturated carbocycles. The minimum atomic E-state index is -0.328. The summed E-state index contributed by atoms with van der Waals surface area (Å²) < 4.78 is 4.85. The van der Waals surface area contributed by atoms with Crippen molar-refractivity contribution in [2.24, 2.45) is 0 Å². The second-order valence-corrected chi connectivity index (χ2v) is 4.55. The molecule has 110 valence electrons. The molecule has 0 spiro atoms. The van der Waals surface area contributed by atoms with Crippen LogP contribution in [0.5, 0.6) is 0 Å². The van der Waals surface area contributed by atoms with Gasteiger partial charge in [0.25, 0.3) is 0 Å². The van der Waals surface area contributed by atoms with E-state index in [1.54, 1.807) is 6.92 Å². The molecule has 0 aromatic heterocycles. The Morgan fingerprint density at radius 2 is 1.95 bits per heavy atom. The standard InChI is InChI=1S/C14H25NO4/c1-5-12(10-16)15(13(17)9-11(3)4)8-7-14(18)19-6-2/h9,12,16H,5-8,10H2,1-4H3. The second-order valence-electron chi connectivity index (χ2n) is 4.55. The van der Waals surface area contributed by atoms with Gasteiger partial charge in [-0.2, -0.15) is 0 Å². The molecule has 0 heterocycles. The average Bonchev–Trinajstić information content (AvgIpc) is 2.33. The first-order valence-corrected chi connectivity index (χ1v) is 6.68. The Hall–Kier alpha value is -1.36. The predicted molar refractivity (Wildman–Crippen MR) is 73.6 cm³/mol. The van der Waals surface area contributed by atoms with E-state index in [4.69, 9.17) is 4.74 Å². The van der Waals surface area contributed by atoms with Crippen molar-refractivity contribution in [1.29, 1.82) is 0 Å². The van der Waals surface area contributed by atoms with Crippen molar-refractivity contribution < 1.29 is 19.4 Å². The first-order chi connectivity index (χ1) is 8.96. The van der Waals surface area contributed by atoms with E-state index in [2.05, 4.69) is 0 Å². The van der Waals surface area contributed by atoms with Crippen molar-refractivity contribution in [2.45, 2.75) is 46.6 Å². The van der Waals surface area contributed by atoms with Gasteiger partial charge in [0.1, 0.15) is 0 Å². The van der Waals surface area contributed by atoms with Crippen LogP contribution >= 0.6 is 0 Å². The molecule has 0 aliphatic rings. The van der Waals surface area contributed by atoms with Crippen LogP contribution in [-0.2, 0) is 14.3 Å². The fourth-order valence-corrected chi connectivity index (χ4v) is 1.70. The Balaban J connectivity index is 4.72. The average molecular weight is 271 g/mol. The summed E-state index contributed by atoms with van der Waals surface area (Å²) in [5, 5.41) is 9.32.